The Labute approximate surface area is 131 Å². The first kappa shape index (κ1) is 16.1. The monoisotopic (exact) mass is 317 g/mol. The lowest BCUT2D eigenvalue weighted by molar-refractivity contribution is -0.394. The predicted molar refractivity (Wildman–Crippen MR) is 83.2 cm³/mol. The van der Waals surface area contributed by atoms with E-state index in [1.807, 2.05) is 43.3 Å². The summed E-state index contributed by atoms with van der Waals surface area (Å²) in [5, 5.41) is 17.8. The zero-order chi connectivity index (χ0) is 16.8. The quantitative estimate of drug-likeness (QED) is 0.468. The van der Waals surface area contributed by atoms with Crippen molar-refractivity contribution in [1.29, 1.82) is 0 Å². The number of benzene rings is 1. The van der Waals surface area contributed by atoms with Crippen LogP contribution in [0.2, 0.25) is 0 Å². The van der Waals surface area contributed by atoms with E-state index in [4.69, 9.17) is 0 Å². The van der Waals surface area contributed by atoms with Gasteiger partial charge in [0.2, 0.25) is 6.33 Å². The minimum Gasteiger partial charge on any atom is -0.390 e. The summed E-state index contributed by atoms with van der Waals surface area (Å²) in [5.41, 5.74) is 4.20. The average Bonchev–Trinajstić information content (AvgIpc) is 2.96. The standard InChI is InChI=1S/C13H15N7O3/c1-18(2)11-5-3-10(4-6-11)7-15-16-12(21)8-19-9-14-13(17-19)20(22)23/h3-7,9H,8H2,1-2H3,(H,16,21)/b15-7-. The fourth-order valence-electron chi connectivity index (χ4n) is 1.66. The van der Waals surface area contributed by atoms with Gasteiger partial charge in [-0.1, -0.05) is 17.1 Å². The van der Waals surface area contributed by atoms with Gasteiger partial charge in [0, 0.05) is 24.9 Å². The SMILES string of the molecule is CN(C)c1ccc(/C=N\NC(=O)Cn2cnc([N+](=O)[O-])n2)cc1. The molecular formula is C13H15N7O3. The lowest BCUT2D eigenvalue weighted by atomic mass is 10.2. The van der Waals surface area contributed by atoms with Crippen LogP contribution in [-0.4, -0.2) is 45.9 Å². The van der Waals surface area contributed by atoms with Crippen molar-refractivity contribution in [2.24, 2.45) is 5.10 Å². The maximum Gasteiger partial charge on any atom is 0.490 e. The van der Waals surface area contributed by atoms with E-state index in [0.29, 0.717) is 0 Å². The molecule has 1 N–H and O–H groups in total. The zero-order valence-corrected chi connectivity index (χ0v) is 12.6. The Kier molecular flexibility index (Phi) is 4.97. The summed E-state index contributed by atoms with van der Waals surface area (Å²) in [7, 11) is 3.88. The second kappa shape index (κ2) is 7.11. The molecule has 0 fully saturated rings. The van der Waals surface area contributed by atoms with Gasteiger partial charge in [0.15, 0.2) is 0 Å². The molecule has 0 spiro atoms. The van der Waals surface area contributed by atoms with E-state index in [2.05, 4.69) is 20.6 Å². The van der Waals surface area contributed by atoms with Gasteiger partial charge in [-0.3, -0.25) is 4.79 Å². The van der Waals surface area contributed by atoms with Crippen LogP contribution in [0.15, 0.2) is 35.7 Å². The molecule has 10 heteroatoms. The summed E-state index contributed by atoms with van der Waals surface area (Å²) in [4.78, 5) is 26.8. The van der Waals surface area contributed by atoms with Crippen LogP contribution in [0.3, 0.4) is 0 Å². The molecule has 1 amide bonds. The molecule has 1 heterocycles. The topological polar surface area (TPSA) is 119 Å². The van der Waals surface area contributed by atoms with Gasteiger partial charge < -0.3 is 15.0 Å². The molecule has 0 aliphatic heterocycles. The van der Waals surface area contributed by atoms with Crippen LogP contribution in [0.5, 0.6) is 0 Å². The van der Waals surface area contributed by atoms with Gasteiger partial charge in [0.1, 0.15) is 6.54 Å². The maximum atomic E-state index is 11.6. The summed E-state index contributed by atoms with van der Waals surface area (Å²) in [6.07, 6.45) is 2.61. The molecule has 10 nitrogen and oxygen atoms in total. The molecule has 1 aromatic heterocycles. The van der Waals surface area contributed by atoms with Crippen LogP contribution in [0, 0.1) is 10.1 Å². The normalized spacial score (nSPS) is 10.7. The van der Waals surface area contributed by atoms with Gasteiger partial charge in [-0.05, 0) is 22.6 Å². The van der Waals surface area contributed by atoms with Crippen LogP contribution in [0.1, 0.15) is 5.56 Å². The molecule has 0 aliphatic rings. The molecule has 23 heavy (non-hydrogen) atoms. The van der Waals surface area contributed by atoms with E-state index in [0.717, 1.165) is 22.3 Å². The number of amides is 1. The fraction of sp³-hybridized carbons (Fsp3) is 0.231. The van der Waals surface area contributed by atoms with Crippen molar-refractivity contribution in [2.75, 3.05) is 19.0 Å². The van der Waals surface area contributed by atoms with Crippen molar-refractivity contribution in [2.45, 2.75) is 6.54 Å². The molecule has 2 aromatic rings. The minimum absolute atomic E-state index is 0.211. The third-order valence-corrected chi connectivity index (χ3v) is 2.81. The Balaban J connectivity index is 1.86. The Morgan fingerprint density at radius 1 is 1.43 bits per heavy atom. The number of aromatic nitrogens is 3. The minimum atomic E-state index is -0.732. The highest BCUT2D eigenvalue weighted by Crippen LogP contribution is 2.10. The van der Waals surface area contributed by atoms with Gasteiger partial charge >= 0.3 is 5.95 Å². The Morgan fingerprint density at radius 3 is 2.70 bits per heavy atom. The van der Waals surface area contributed by atoms with E-state index in [1.165, 1.54) is 6.21 Å². The largest absolute Gasteiger partial charge is 0.490 e. The predicted octanol–water partition coefficient (Wildman–Crippen LogP) is 0.403. The van der Waals surface area contributed by atoms with Gasteiger partial charge in [-0.15, -0.1) is 0 Å². The van der Waals surface area contributed by atoms with Crippen LogP contribution in [0.4, 0.5) is 11.6 Å². The number of nitro groups is 1. The molecule has 2 rings (SSSR count). The summed E-state index contributed by atoms with van der Waals surface area (Å²) < 4.78 is 1.06. The van der Waals surface area contributed by atoms with Crippen LogP contribution in [-0.2, 0) is 11.3 Å². The van der Waals surface area contributed by atoms with E-state index in [1.54, 1.807) is 0 Å². The molecule has 0 aliphatic carbocycles. The van der Waals surface area contributed by atoms with Crippen molar-refractivity contribution < 1.29 is 9.72 Å². The van der Waals surface area contributed by atoms with Crippen LogP contribution >= 0.6 is 0 Å². The van der Waals surface area contributed by atoms with E-state index < -0.39 is 16.8 Å². The number of hydrogen-bond donors (Lipinski definition) is 1. The first-order valence-corrected chi connectivity index (χ1v) is 6.59. The molecule has 120 valence electrons. The highest BCUT2D eigenvalue weighted by Gasteiger charge is 2.14. The number of nitrogens with one attached hydrogen (secondary N) is 1. The molecule has 0 radical (unpaired) electrons. The Bertz CT molecular complexity index is 721. The van der Waals surface area contributed by atoms with Crippen molar-refractivity contribution in [3.63, 3.8) is 0 Å². The lowest BCUT2D eigenvalue weighted by Gasteiger charge is -2.11. The number of carbonyl (C=O) groups excluding carboxylic acids is 1. The number of anilines is 1. The van der Waals surface area contributed by atoms with Crippen molar-refractivity contribution in [3.8, 4) is 0 Å². The molecule has 0 atom stereocenters. The summed E-state index contributed by atoms with van der Waals surface area (Å²) in [6.45, 7) is -0.211. The molecule has 0 unspecified atom stereocenters. The zero-order valence-electron chi connectivity index (χ0n) is 12.6. The number of hydrogen-bond acceptors (Lipinski definition) is 7. The third-order valence-electron chi connectivity index (χ3n) is 2.81. The van der Waals surface area contributed by atoms with E-state index in [9.17, 15) is 14.9 Å². The van der Waals surface area contributed by atoms with Gasteiger partial charge in [-0.25, -0.2) is 5.43 Å². The Hall–Kier alpha value is -3.30. The van der Waals surface area contributed by atoms with Gasteiger partial charge in [-0.2, -0.15) is 9.78 Å². The number of rotatable bonds is 6. The number of hydrazone groups is 1. The van der Waals surface area contributed by atoms with Crippen molar-refractivity contribution in [3.05, 3.63) is 46.3 Å². The second-order valence-corrected chi connectivity index (χ2v) is 4.78. The van der Waals surface area contributed by atoms with Crippen LogP contribution in [0.25, 0.3) is 0 Å². The lowest BCUT2D eigenvalue weighted by Crippen LogP contribution is -2.23. The fourth-order valence-corrected chi connectivity index (χ4v) is 1.66. The van der Waals surface area contributed by atoms with Crippen LogP contribution < -0.4 is 10.3 Å². The number of carbonyl (C=O) groups is 1. The van der Waals surface area contributed by atoms with E-state index in [-0.39, 0.29) is 6.54 Å². The highest BCUT2D eigenvalue weighted by atomic mass is 16.6. The highest BCUT2D eigenvalue weighted by molar-refractivity contribution is 5.82. The first-order valence-electron chi connectivity index (χ1n) is 6.59. The first-order chi connectivity index (χ1) is 11.0. The summed E-state index contributed by atoms with van der Waals surface area (Å²) >= 11 is 0. The molecule has 1 aromatic carbocycles. The van der Waals surface area contributed by atoms with E-state index >= 15 is 0 Å². The Morgan fingerprint density at radius 2 is 2.13 bits per heavy atom. The summed E-state index contributed by atoms with van der Waals surface area (Å²) in [5.74, 6) is -1.02. The van der Waals surface area contributed by atoms with Crippen molar-refractivity contribution in [1.82, 2.24) is 20.2 Å². The van der Waals surface area contributed by atoms with Crippen molar-refractivity contribution >= 4 is 23.8 Å². The van der Waals surface area contributed by atoms with Gasteiger partial charge in [0.05, 0.1) is 6.21 Å². The average molecular weight is 317 g/mol. The molecule has 0 bridgehead atoms. The van der Waals surface area contributed by atoms with Gasteiger partial charge in [0.25, 0.3) is 5.91 Å². The molecular weight excluding hydrogens is 302 g/mol. The molecule has 0 saturated heterocycles. The maximum absolute atomic E-state index is 11.6. The third kappa shape index (κ3) is 4.59. The number of nitrogens with zero attached hydrogens (tertiary/aromatic N) is 6. The second-order valence-electron chi connectivity index (χ2n) is 4.78. The molecule has 0 saturated carbocycles. The summed E-state index contributed by atoms with van der Waals surface area (Å²) in [6, 6.07) is 7.59. The smallest absolute Gasteiger partial charge is 0.390 e.